The fraction of sp³-hybridized carbons (Fsp3) is 0.538. The summed E-state index contributed by atoms with van der Waals surface area (Å²) in [4.78, 5) is 25.6. The molecule has 1 aliphatic heterocycles. The van der Waals surface area contributed by atoms with E-state index in [2.05, 4.69) is 5.32 Å². The van der Waals surface area contributed by atoms with Crippen LogP contribution < -0.4 is 5.32 Å². The molecule has 1 saturated heterocycles. The molecule has 0 bridgehead atoms. The highest BCUT2D eigenvalue weighted by atomic mass is 16.3. The summed E-state index contributed by atoms with van der Waals surface area (Å²) in [5, 5.41) is 2.81. The molecule has 2 rings (SSSR count). The number of furan rings is 1. The second-order valence-electron chi connectivity index (χ2n) is 4.50. The highest BCUT2D eigenvalue weighted by Gasteiger charge is 2.28. The molecule has 0 spiro atoms. The number of piperidine rings is 1. The smallest absolute Gasteiger partial charge is 0.257 e. The first-order valence-corrected chi connectivity index (χ1v) is 6.31. The van der Waals surface area contributed by atoms with Gasteiger partial charge in [0, 0.05) is 19.6 Å². The van der Waals surface area contributed by atoms with Crippen molar-refractivity contribution in [3.05, 3.63) is 24.2 Å². The maximum atomic E-state index is 12.1. The Hall–Kier alpha value is -1.78. The Kier molecular flexibility index (Phi) is 4.02. The van der Waals surface area contributed by atoms with Gasteiger partial charge in [0.1, 0.15) is 6.26 Å². The molecule has 18 heavy (non-hydrogen) atoms. The van der Waals surface area contributed by atoms with Crippen LogP contribution in [0.3, 0.4) is 0 Å². The van der Waals surface area contributed by atoms with Gasteiger partial charge < -0.3 is 14.6 Å². The van der Waals surface area contributed by atoms with Crippen LogP contribution in [0.4, 0.5) is 0 Å². The third-order valence-corrected chi connectivity index (χ3v) is 3.20. The fourth-order valence-corrected chi connectivity index (χ4v) is 2.26. The van der Waals surface area contributed by atoms with E-state index in [1.807, 2.05) is 6.92 Å². The zero-order valence-electron chi connectivity index (χ0n) is 10.5. The minimum atomic E-state index is -0.0884. The SMILES string of the molecule is CCNC(=O)C1CCCN(C(=O)c2ccoc2)C1. The molecule has 1 fully saturated rings. The Labute approximate surface area is 106 Å². The van der Waals surface area contributed by atoms with E-state index in [0.717, 1.165) is 12.8 Å². The van der Waals surface area contributed by atoms with E-state index in [-0.39, 0.29) is 17.7 Å². The second kappa shape index (κ2) is 5.71. The van der Waals surface area contributed by atoms with Crippen LogP contribution in [0, 0.1) is 5.92 Å². The molecular formula is C13H18N2O3. The van der Waals surface area contributed by atoms with E-state index in [0.29, 0.717) is 25.2 Å². The van der Waals surface area contributed by atoms with E-state index in [1.54, 1.807) is 11.0 Å². The van der Waals surface area contributed by atoms with Crippen molar-refractivity contribution in [1.82, 2.24) is 10.2 Å². The highest BCUT2D eigenvalue weighted by Crippen LogP contribution is 2.19. The molecule has 98 valence electrons. The summed E-state index contributed by atoms with van der Waals surface area (Å²) in [5.41, 5.74) is 0.548. The molecule has 5 heteroatoms. The standard InChI is InChI=1S/C13H18N2O3/c1-2-14-12(16)10-4-3-6-15(8-10)13(17)11-5-7-18-9-11/h5,7,9-10H,2-4,6,8H2,1H3,(H,14,16). The van der Waals surface area contributed by atoms with E-state index in [4.69, 9.17) is 4.42 Å². The Balaban J connectivity index is 1.98. The van der Waals surface area contributed by atoms with Crippen molar-refractivity contribution in [3.63, 3.8) is 0 Å². The van der Waals surface area contributed by atoms with Crippen molar-refractivity contribution in [2.24, 2.45) is 5.92 Å². The van der Waals surface area contributed by atoms with Crippen molar-refractivity contribution < 1.29 is 14.0 Å². The van der Waals surface area contributed by atoms with Gasteiger partial charge in [-0.2, -0.15) is 0 Å². The lowest BCUT2D eigenvalue weighted by atomic mass is 9.96. The minimum Gasteiger partial charge on any atom is -0.472 e. The first kappa shape index (κ1) is 12.7. The molecule has 1 atom stereocenters. The van der Waals surface area contributed by atoms with Crippen LogP contribution in [0.25, 0.3) is 0 Å². The molecule has 2 heterocycles. The first-order valence-electron chi connectivity index (χ1n) is 6.31. The molecule has 0 saturated carbocycles. The maximum Gasteiger partial charge on any atom is 0.257 e. The van der Waals surface area contributed by atoms with Crippen LogP contribution in [0.2, 0.25) is 0 Å². The molecule has 0 aliphatic carbocycles. The van der Waals surface area contributed by atoms with E-state index in [1.165, 1.54) is 12.5 Å². The first-order chi connectivity index (χ1) is 8.72. The average Bonchev–Trinajstić information content (AvgIpc) is 2.92. The molecule has 0 radical (unpaired) electrons. The van der Waals surface area contributed by atoms with Gasteiger partial charge in [-0.05, 0) is 25.8 Å². The molecule has 1 aliphatic rings. The van der Waals surface area contributed by atoms with Gasteiger partial charge in [0.05, 0.1) is 17.7 Å². The fourth-order valence-electron chi connectivity index (χ4n) is 2.26. The van der Waals surface area contributed by atoms with E-state index < -0.39 is 0 Å². The number of carbonyl (C=O) groups excluding carboxylic acids is 2. The Morgan fingerprint density at radius 2 is 2.39 bits per heavy atom. The van der Waals surface area contributed by atoms with Crippen LogP contribution >= 0.6 is 0 Å². The van der Waals surface area contributed by atoms with Gasteiger partial charge in [-0.25, -0.2) is 0 Å². The van der Waals surface area contributed by atoms with Gasteiger partial charge in [0.15, 0.2) is 0 Å². The summed E-state index contributed by atoms with van der Waals surface area (Å²) in [6.45, 7) is 3.73. The van der Waals surface area contributed by atoms with Gasteiger partial charge >= 0.3 is 0 Å². The third-order valence-electron chi connectivity index (χ3n) is 3.20. The number of nitrogens with one attached hydrogen (secondary N) is 1. The molecule has 1 unspecified atom stereocenters. The molecule has 1 aromatic heterocycles. The summed E-state index contributed by atoms with van der Waals surface area (Å²) < 4.78 is 4.91. The predicted molar refractivity (Wildman–Crippen MR) is 66.0 cm³/mol. The Morgan fingerprint density at radius 3 is 3.06 bits per heavy atom. The number of hydrogen-bond acceptors (Lipinski definition) is 3. The second-order valence-corrected chi connectivity index (χ2v) is 4.50. The topological polar surface area (TPSA) is 62.6 Å². The van der Waals surface area contributed by atoms with Crippen molar-refractivity contribution in [3.8, 4) is 0 Å². The molecule has 5 nitrogen and oxygen atoms in total. The molecule has 1 aromatic rings. The zero-order valence-corrected chi connectivity index (χ0v) is 10.5. The number of amides is 2. The van der Waals surface area contributed by atoms with E-state index in [9.17, 15) is 9.59 Å². The van der Waals surface area contributed by atoms with Gasteiger partial charge in [0.2, 0.25) is 5.91 Å². The number of rotatable bonds is 3. The lowest BCUT2D eigenvalue weighted by molar-refractivity contribution is -0.126. The number of likely N-dealkylation sites (tertiary alicyclic amines) is 1. The minimum absolute atomic E-state index is 0.0437. The van der Waals surface area contributed by atoms with Crippen LogP contribution in [0.5, 0.6) is 0 Å². The maximum absolute atomic E-state index is 12.1. The largest absolute Gasteiger partial charge is 0.472 e. The molecule has 2 amide bonds. The lowest BCUT2D eigenvalue weighted by Gasteiger charge is -2.31. The number of carbonyl (C=O) groups is 2. The van der Waals surface area contributed by atoms with Gasteiger partial charge in [-0.1, -0.05) is 0 Å². The van der Waals surface area contributed by atoms with E-state index >= 15 is 0 Å². The van der Waals surface area contributed by atoms with Gasteiger partial charge in [0.25, 0.3) is 5.91 Å². The zero-order chi connectivity index (χ0) is 13.0. The van der Waals surface area contributed by atoms with Gasteiger partial charge in [-0.15, -0.1) is 0 Å². The van der Waals surface area contributed by atoms with Crippen LogP contribution in [-0.4, -0.2) is 36.3 Å². The molecular weight excluding hydrogens is 232 g/mol. The van der Waals surface area contributed by atoms with Crippen LogP contribution in [-0.2, 0) is 4.79 Å². The summed E-state index contributed by atoms with van der Waals surface area (Å²) in [7, 11) is 0. The number of nitrogens with zero attached hydrogens (tertiary/aromatic N) is 1. The Morgan fingerprint density at radius 1 is 1.56 bits per heavy atom. The highest BCUT2D eigenvalue weighted by molar-refractivity contribution is 5.94. The Bertz CT molecular complexity index is 414. The summed E-state index contributed by atoms with van der Waals surface area (Å²) in [6.07, 6.45) is 4.64. The summed E-state index contributed by atoms with van der Waals surface area (Å²) in [6, 6.07) is 1.65. The van der Waals surface area contributed by atoms with Crippen molar-refractivity contribution >= 4 is 11.8 Å². The van der Waals surface area contributed by atoms with Crippen molar-refractivity contribution in [2.45, 2.75) is 19.8 Å². The lowest BCUT2D eigenvalue weighted by Crippen LogP contribution is -2.45. The van der Waals surface area contributed by atoms with Gasteiger partial charge in [-0.3, -0.25) is 9.59 Å². The normalized spacial score (nSPS) is 19.6. The quantitative estimate of drug-likeness (QED) is 0.878. The number of hydrogen-bond donors (Lipinski definition) is 1. The summed E-state index contributed by atoms with van der Waals surface area (Å²) >= 11 is 0. The van der Waals surface area contributed by atoms with Crippen molar-refractivity contribution in [2.75, 3.05) is 19.6 Å². The summed E-state index contributed by atoms with van der Waals surface area (Å²) in [5.74, 6) is -0.102. The monoisotopic (exact) mass is 250 g/mol. The van der Waals surface area contributed by atoms with Crippen LogP contribution in [0.1, 0.15) is 30.1 Å². The third kappa shape index (κ3) is 2.72. The van der Waals surface area contributed by atoms with Crippen molar-refractivity contribution in [1.29, 1.82) is 0 Å². The van der Waals surface area contributed by atoms with Crippen LogP contribution in [0.15, 0.2) is 23.0 Å². The molecule has 0 aromatic carbocycles. The predicted octanol–water partition coefficient (Wildman–Crippen LogP) is 1.27. The molecule has 1 N–H and O–H groups in total. The average molecular weight is 250 g/mol.